The van der Waals surface area contributed by atoms with Crippen LogP contribution in [0.4, 0.5) is 13.2 Å². The molecule has 20 heavy (non-hydrogen) atoms. The number of alkyl halides is 3. The van der Waals surface area contributed by atoms with Gasteiger partial charge in [-0.3, -0.25) is 0 Å². The molecule has 0 saturated heterocycles. The van der Waals surface area contributed by atoms with E-state index in [1.54, 1.807) is 0 Å². The zero-order valence-electron chi connectivity index (χ0n) is 11.2. The summed E-state index contributed by atoms with van der Waals surface area (Å²) in [5, 5.41) is 2.29. The van der Waals surface area contributed by atoms with Crippen molar-refractivity contribution in [2.45, 2.75) is 37.9 Å². The minimum atomic E-state index is -4.08. The predicted octanol–water partition coefficient (Wildman–Crippen LogP) is 4.44. The molecular weight excluding hydrogens is 263 g/mol. The van der Waals surface area contributed by atoms with Gasteiger partial charge in [0.05, 0.1) is 0 Å². The lowest BCUT2D eigenvalue weighted by atomic mass is 9.99. The number of halogens is 3. The van der Waals surface area contributed by atoms with E-state index >= 15 is 0 Å². The Kier molecular flexibility index (Phi) is 4.65. The number of hydrogen-bond acceptors (Lipinski definition) is 1. The molecule has 1 atom stereocenters. The average Bonchev–Trinajstić information content (AvgIpc) is 2.37. The zero-order valence-corrected chi connectivity index (χ0v) is 11.2. The minimum absolute atomic E-state index is 0.0955. The van der Waals surface area contributed by atoms with Crippen molar-refractivity contribution in [3.05, 3.63) is 48.0 Å². The number of benzene rings is 2. The summed E-state index contributed by atoms with van der Waals surface area (Å²) < 4.78 is 36.2. The molecule has 1 nitrogen and oxygen atoms in total. The second-order valence-electron chi connectivity index (χ2n) is 5.15. The highest BCUT2D eigenvalue weighted by molar-refractivity contribution is 5.82. The second-order valence-corrected chi connectivity index (χ2v) is 5.15. The first-order chi connectivity index (χ1) is 9.44. The summed E-state index contributed by atoms with van der Waals surface area (Å²) in [6, 6.07) is 13.8. The molecule has 1 unspecified atom stereocenters. The molecule has 0 radical (unpaired) electrons. The Labute approximate surface area is 116 Å². The van der Waals surface area contributed by atoms with Gasteiger partial charge in [-0.15, -0.1) is 0 Å². The Morgan fingerprint density at radius 1 is 1.00 bits per heavy atom. The van der Waals surface area contributed by atoms with E-state index in [1.165, 1.54) is 0 Å². The molecular formula is C16H18F3N. The first-order valence-electron chi connectivity index (χ1n) is 6.74. The van der Waals surface area contributed by atoms with Gasteiger partial charge in [0.1, 0.15) is 0 Å². The van der Waals surface area contributed by atoms with Crippen molar-refractivity contribution in [1.82, 2.24) is 0 Å². The van der Waals surface area contributed by atoms with Gasteiger partial charge < -0.3 is 5.73 Å². The number of fused-ring (bicyclic) bond motifs is 1. The highest BCUT2D eigenvalue weighted by Gasteiger charge is 2.26. The highest BCUT2D eigenvalue weighted by atomic mass is 19.4. The summed E-state index contributed by atoms with van der Waals surface area (Å²) in [5.41, 5.74) is 6.98. The van der Waals surface area contributed by atoms with Crippen molar-refractivity contribution >= 4 is 10.8 Å². The second kappa shape index (κ2) is 6.27. The van der Waals surface area contributed by atoms with Crippen LogP contribution in [-0.4, -0.2) is 12.2 Å². The molecule has 2 aromatic rings. The van der Waals surface area contributed by atoms with E-state index in [0.29, 0.717) is 12.8 Å². The normalized spacial score (nSPS) is 13.6. The van der Waals surface area contributed by atoms with Crippen LogP contribution in [0.1, 0.15) is 24.8 Å². The van der Waals surface area contributed by atoms with Gasteiger partial charge in [0.15, 0.2) is 0 Å². The van der Waals surface area contributed by atoms with Gasteiger partial charge in [0.25, 0.3) is 0 Å². The fraction of sp³-hybridized carbons (Fsp3) is 0.375. The molecule has 0 bridgehead atoms. The summed E-state index contributed by atoms with van der Waals surface area (Å²) in [6.07, 6.45) is -3.73. The monoisotopic (exact) mass is 281 g/mol. The number of hydrogen-bond donors (Lipinski definition) is 1. The predicted molar refractivity (Wildman–Crippen MR) is 75.5 cm³/mol. The molecule has 108 valence electrons. The molecule has 0 fully saturated rings. The Morgan fingerprint density at radius 3 is 2.40 bits per heavy atom. The van der Waals surface area contributed by atoms with Gasteiger partial charge in [-0.1, -0.05) is 42.5 Å². The average molecular weight is 281 g/mol. The Balaban J connectivity index is 1.91. The van der Waals surface area contributed by atoms with Crippen LogP contribution in [0.5, 0.6) is 0 Å². The molecule has 4 heteroatoms. The van der Waals surface area contributed by atoms with Crippen LogP contribution in [0.25, 0.3) is 10.8 Å². The molecule has 0 spiro atoms. The largest absolute Gasteiger partial charge is 0.389 e. The van der Waals surface area contributed by atoms with Crippen LogP contribution in [-0.2, 0) is 6.42 Å². The summed E-state index contributed by atoms with van der Waals surface area (Å²) >= 11 is 0. The van der Waals surface area contributed by atoms with Crippen molar-refractivity contribution in [3.63, 3.8) is 0 Å². The van der Waals surface area contributed by atoms with E-state index in [0.717, 1.165) is 16.3 Å². The van der Waals surface area contributed by atoms with Gasteiger partial charge >= 0.3 is 6.18 Å². The van der Waals surface area contributed by atoms with Gasteiger partial charge in [-0.2, -0.15) is 13.2 Å². The molecule has 0 aliphatic rings. The van der Waals surface area contributed by atoms with Gasteiger partial charge in [-0.05, 0) is 35.6 Å². The van der Waals surface area contributed by atoms with E-state index in [9.17, 15) is 13.2 Å². The zero-order chi connectivity index (χ0) is 14.6. The molecule has 0 aliphatic carbocycles. The van der Waals surface area contributed by atoms with Crippen LogP contribution in [0, 0.1) is 0 Å². The fourth-order valence-corrected chi connectivity index (χ4v) is 2.34. The maximum atomic E-state index is 12.1. The first kappa shape index (κ1) is 14.9. The lowest BCUT2D eigenvalue weighted by molar-refractivity contribution is -0.135. The van der Waals surface area contributed by atoms with Crippen LogP contribution < -0.4 is 5.73 Å². The van der Waals surface area contributed by atoms with Crippen LogP contribution in [0.2, 0.25) is 0 Å². The number of nitrogens with two attached hydrogens (primary N) is 1. The van der Waals surface area contributed by atoms with Gasteiger partial charge in [-0.25, -0.2) is 0 Å². The summed E-state index contributed by atoms with van der Waals surface area (Å²) in [5.74, 6) is 0. The van der Waals surface area contributed by atoms with E-state index in [2.05, 4.69) is 6.07 Å². The summed E-state index contributed by atoms with van der Waals surface area (Å²) in [4.78, 5) is 0. The van der Waals surface area contributed by atoms with Crippen molar-refractivity contribution < 1.29 is 13.2 Å². The van der Waals surface area contributed by atoms with E-state index in [4.69, 9.17) is 5.73 Å². The van der Waals surface area contributed by atoms with E-state index < -0.39 is 12.6 Å². The maximum Gasteiger partial charge on any atom is 0.389 e. The van der Waals surface area contributed by atoms with Crippen molar-refractivity contribution in [2.75, 3.05) is 0 Å². The molecule has 0 aliphatic heterocycles. The SMILES string of the molecule is NC(CCCC(F)(F)F)Cc1ccc2ccccc2c1. The Hall–Kier alpha value is -1.55. The van der Waals surface area contributed by atoms with Crippen LogP contribution in [0.15, 0.2) is 42.5 Å². The quantitative estimate of drug-likeness (QED) is 0.861. The lowest BCUT2D eigenvalue weighted by Crippen LogP contribution is -2.23. The molecule has 0 amide bonds. The Bertz CT molecular complexity index is 563. The Morgan fingerprint density at radius 2 is 1.70 bits per heavy atom. The standard InChI is InChI=1S/C16H18F3N/c17-16(18,19)9-3-6-15(20)11-12-7-8-13-4-1-2-5-14(13)10-12/h1-2,4-5,7-8,10,15H,3,6,9,11,20H2. The maximum absolute atomic E-state index is 12.1. The lowest BCUT2D eigenvalue weighted by Gasteiger charge is -2.13. The minimum Gasteiger partial charge on any atom is -0.327 e. The molecule has 2 N–H and O–H groups in total. The third kappa shape index (κ3) is 4.53. The van der Waals surface area contributed by atoms with E-state index in [-0.39, 0.29) is 12.5 Å². The van der Waals surface area contributed by atoms with Gasteiger partial charge in [0, 0.05) is 12.5 Å². The van der Waals surface area contributed by atoms with Crippen molar-refractivity contribution in [1.29, 1.82) is 0 Å². The van der Waals surface area contributed by atoms with E-state index in [1.807, 2.05) is 36.4 Å². The van der Waals surface area contributed by atoms with Gasteiger partial charge in [0.2, 0.25) is 0 Å². The molecule has 0 aromatic heterocycles. The smallest absolute Gasteiger partial charge is 0.327 e. The first-order valence-corrected chi connectivity index (χ1v) is 6.74. The molecule has 2 rings (SSSR count). The summed E-state index contributed by atoms with van der Waals surface area (Å²) in [6.45, 7) is 0. The molecule has 0 heterocycles. The van der Waals surface area contributed by atoms with Crippen LogP contribution >= 0.6 is 0 Å². The third-order valence-corrected chi connectivity index (χ3v) is 3.35. The number of rotatable bonds is 5. The van der Waals surface area contributed by atoms with Crippen LogP contribution in [0.3, 0.4) is 0 Å². The molecule has 0 saturated carbocycles. The van der Waals surface area contributed by atoms with Crippen molar-refractivity contribution in [3.8, 4) is 0 Å². The van der Waals surface area contributed by atoms with Crippen molar-refractivity contribution in [2.24, 2.45) is 5.73 Å². The molecule has 2 aromatic carbocycles. The summed E-state index contributed by atoms with van der Waals surface area (Å²) in [7, 11) is 0. The third-order valence-electron chi connectivity index (χ3n) is 3.35. The highest BCUT2D eigenvalue weighted by Crippen LogP contribution is 2.23. The fourth-order valence-electron chi connectivity index (χ4n) is 2.34. The topological polar surface area (TPSA) is 26.0 Å².